The first-order valence-electron chi connectivity index (χ1n) is 7.34. The summed E-state index contributed by atoms with van der Waals surface area (Å²) >= 11 is 0. The molecular weight excluding hydrogens is 290 g/mol. The van der Waals surface area contributed by atoms with Crippen molar-refractivity contribution < 1.29 is 9.47 Å². The molecule has 23 heavy (non-hydrogen) atoms. The molecule has 2 aromatic rings. The average Bonchev–Trinajstić information content (AvgIpc) is 3.10. The molecule has 0 radical (unpaired) electrons. The van der Waals surface area contributed by atoms with E-state index in [1.54, 1.807) is 20.4 Å². The van der Waals surface area contributed by atoms with Gasteiger partial charge in [-0.25, -0.2) is 9.98 Å². The van der Waals surface area contributed by atoms with E-state index in [0.717, 1.165) is 34.1 Å². The van der Waals surface area contributed by atoms with Crippen LogP contribution in [0.2, 0.25) is 0 Å². The molecule has 0 aromatic carbocycles. The van der Waals surface area contributed by atoms with Crippen LogP contribution in [0.5, 0.6) is 5.88 Å². The fourth-order valence-corrected chi connectivity index (χ4v) is 2.52. The van der Waals surface area contributed by atoms with Gasteiger partial charge in [-0.2, -0.15) is 0 Å². The van der Waals surface area contributed by atoms with Crippen molar-refractivity contribution in [1.82, 2.24) is 9.97 Å². The largest absolute Gasteiger partial charge is 0.494 e. The lowest BCUT2D eigenvalue weighted by Gasteiger charge is -2.01. The summed E-state index contributed by atoms with van der Waals surface area (Å²) in [5.74, 6) is 1.32. The number of H-pyrrole nitrogens is 1. The number of rotatable bonds is 4. The van der Waals surface area contributed by atoms with Gasteiger partial charge in [0.2, 0.25) is 5.88 Å². The van der Waals surface area contributed by atoms with Crippen LogP contribution in [0.4, 0.5) is 0 Å². The second kappa shape index (κ2) is 6.12. The van der Waals surface area contributed by atoms with Crippen LogP contribution in [0.15, 0.2) is 46.9 Å². The van der Waals surface area contributed by atoms with Gasteiger partial charge < -0.3 is 14.5 Å². The van der Waals surface area contributed by atoms with Crippen molar-refractivity contribution in [2.45, 2.75) is 13.8 Å². The minimum Gasteiger partial charge on any atom is -0.494 e. The van der Waals surface area contributed by atoms with Gasteiger partial charge in [0.1, 0.15) is 11.5 Å². The molecule has 1 N–H and O–H groups in total. The monoisotopic (exact) mass is 309 g/mol. The highest BCUT2D eigenvalue weighted by molar-refractivity contribution is 6.12. The van der Waals surface area contributed by atoms with Gasteiger partial charge in [0, 0.05) is 35.3 Å². The van der Waals surface area contributed by atoms with Crippen LogP contribution in [0.3, 0.4) is 0 Å². The highest BCUT2D eigenvalue weighted by Gasteiger charge is 2.17. The van der Waals surface area contributed by atoms with Crippen LogP contribution in [0, 0.1) is 13.8 Å². The van der Waals surface area contributed by atoms with Crippen LogP contribution in [-0.4, -0.2) is 29.9 Å². The van der Waals surface area contributed by atoms with Gasteiger partial charge in [0.05, 0.1) is 19.9 Å². The van der Waals surface area contributed by atoms with Crippen LogP contribution in [0.25, 0.3) is 6.08 Å². The number of hydrogen-bond acceptors (Lipinski definition) is 4. The van der Waals surface area contributed by atoms with E-state index in [1.807, 2.05) is 31.2 Å². The molecule has 2 aromatic heterocycles. The number of aliphatic imine (C=N–C) groups is 1. The summed E-state index contributed by atoms with van der Waals surface area (Å²) in [5.41, 5.74) is 5.88. The summed E-state index contributed by atoms with van der Waals surface area (Å²) in [4.78, 5) is 12.2. The van der Waals surface area contributed by atoms with Gasteiger partial charge in [-0.15, -0.1) is 0 Å². The molecule has 3 heterocycles. The molecular formula is C18H19N3O2. The van der Waals surface area contributed by atoms with Gasteiger partial charge in [0.25, 0.3) is 0 Å². The molecule has 118 valence electrons. The number of ether oxygens (including phenoxy) is 2. The van der Waals surface area contributed by atoms with Crippen LogP contribution in [0.1, 0.15) is 22.5 Å². The quantitative estimate of drug-likeness (QED) is 0.941. The summed E-state index contributed by atoms with van der Waals surface area (Å²) in [7, 11) is 3.25. The summed E-state index contributed by atoms with van der Waals surface area (Å²) < 4.78 is 10.5. The summed E-state index contributed by atoms with van der Waals surface area (Å²) in [5, 5.41) is 0. The van der Waals surface area contributed by atoms with E-state index in [0.29, 0.717) is 5.88 Å². The lowest BCUT2D eigenvalue weighted by atomic mass is 10.2. The number of aromatic amines is 1. The Morgan fingerprint density at radius 1 is 1.13 bits per heavy atom. The highest BCUT2D eigenvalue weighted by Crippen LogP contribution is 2.26. The SMILES string of the molecule is COC1=CC(c2ccc(OC)nc2)=NC1=Cc1[nH]c(C)cc1C. The molecule has 0 bridgehead atoms. The van der Waals surface area contributed by atoms with E-state index >= 15 is 0 Å². The first-order valence-corrected chi connectivity index (χ1v) is 7.34. The minimum atomic E-state index is 0.580. The van der Waals surface area contributed by atoms with Crippen LogP contribution in [-0.2, 0) is 4.74 Å². The topological polar surface area (TPSA) is 59.5 Å². The Labute approximate surface area is 135 Å². The molecule has 0 amide bonds. The van der Waals surface area contributed by atoms with Gasteiger partial charge in [-0.1, -0.05) is 0 Å². The molecule has 1 aliphatic rings. The standard InChI is InChI=1S/C18H19N3O2/c1-11-7-12(2)20-14(11)8-16-17(22-3)9-15(21-16)13-5-6-18(23-4)19-10-13/h5-10,20H,1-4H3. The maximum Gasteiger partial charge on any atom is 0.212 e. The lowest BCUT2D eigenvalue weighted by molar-refractivity contribution is 0.303. The molecule has 5 nitrogen and oxygen atoms in total. The highest BCUT2D eigenvalue weighted by atomic mass is 16.5. The van der Waals surface area contributed by atoms with Crippen molar-refractivity contribution >= 4 is 11.8 Å². The van der Waals surface area contributed by atoms with Gasteiger partial charge in [-0.3, -0.25) is 0 Å². The molecule has 0 spiro atoms. The average molecular weight is 309 g/mol. The molecule has 0 unspecified atom stereocenters. The molecule has 0 saturated carbocycles. The fraction of sp³-hybridized carbons (Fsp3) is 0.222. The first kappa shape index (κ1) is 15.1. The van der Waals surface area contributed by atoms with E-state index < -0.39 is 0 Å². The third-order valence-corrected chi connectivity index (χ3v) is 3.69. The van der Waals surface area contributed by atoms with Gasteiger partial charge in [0.15, 0.2) is 0 Å². The third-order valence-electron chi connectivity index (χ3n) is 3.69. The smallest absolute Gasteiger partial charge is 0.212 e. The number of pyridine rings is 1. The molecule has 1 aliphatic heterocycles. The number of nitrogens with zero attached hydrogens (tertiary/aromatic N) is 2. The maximum absolute atomic E-state index is 5.46. The number of allylic oxidation sites excluding steroid dienone is 1. The van der Waals surface area contributed by atoms with E-state index in [2.05, 4.69) is 28.0 Å². The van der Waals surface area contributed by atoms with Crippen LogP contribution >= 0.6 is 0 Å². The van der Waals surface area contributed by atoms with Crippen molar-refractivity contribution in [1.29, 1.82) is 0 Å². The second-order valence-electron chi connectivity index (χ2n) is 5.38. The molecule has 3 rings (SSSR count). The predicted molar refractivity (Wildman–Crippen MR) is 90.7 cm³/mol. The van der Waals surface area contributed by atoms with E-state index in [-0.39, 0.29) is 0 Å². The van der Waals surface area contributed by atoms with Crippen molar-refractivity contribution in [3.05, 3.63) is 64.4 Å². The van der Waals surface area contributed by atoms with Crippen molar-refractivity contribution in [2.75, 3.05) is 14.2 Å². The number of aromatic nitrogens is 2. The molecule has 0 fully saturated rings. The molecule has 0 atom stereocenters. The number of hydrogen-bond donors (Lipinski definition) is 1. The van der Waals surface area contributed by atoms with E-state index in [9.17, 15) is 0 Å². The minimum absolute atomic E-state index is 0.580. The maximum atomic E-state index is 5.46. The molecule has 0 aliphatic carbocycles. The number of nitrogens with one attached hydrogen (secondary N) is 1. The van der Waals surface area contributed by atoms with Gasteiger partial charge in [-0.05, 0) is 37.6 Å². The van der Waals surface area contributed by atoms with E-state index in [1.165, 1.54) is 5.56 Å². The Hall–Kier alpha value is -2.82. The predicted octanol–water partition coefficient (Wildman–Crippen LogP) is 3.41. The van der Waals surface area contributed by atoms with Gasteiger partial charge >= 0.3 is 0 Å². The third kappa shape index (κ3) is 3.04. The van der Waals surface area contributed by atoms with Crippen molar-refractivity contribution in [2.24, 2.45) is 4.99 Å². The Morgan fingerprint density at radius 3 is 2.52 bits per heavy atom. The molecule has 0 saturated heterocycles. The van der Waals surface area contributed by atoms with E-state index in [4.69, 9.17) is 9.47 Å². The number of aryl methyl sites for hydroxylation is 2. The first-order chi connectivity index (χ1) is 11.1. The van der Waals surface area contributed by atoms with Crippen molar-refractivity contribution in [3.8, 4) is 5.88 Å². The normalized spacial score (nSPS) is 15.6. The fourth-order valence-electron chi connectivity index (χ4n) is 2.52. The Bertz CT molecular complexity index is 811. The zero-order chi connectivity index (χ0) is 16.4. The van der Waals surface area contributed by atoms with Crippen molar-refractivity contribution in [3.63, 3.8) is 0 Å². The Balaban J connectivity index is 1.97. The number of methoxy groups -OCH3 is 2. The summed E-state index contributed by atoms with van der Waals surface area (Å²) in [6, 6.07) is 5.86. The molecule has 5 heteroatoms. The Morgan fingerprint density at radius 2 is 1.96 bits per heavy atom. The lowest BCUT2D eigenvalue weighted by Crippen LogP contribution is -1.96. The zero-order valence-electron chi connectivity index (χ0n) is 13.7. The zero-order valence-corrected chi connectivity index (χ0v) is 13.7. The Kier molecular flexibility index (Phi) is 4.02. The summed E-state index contributed by atoms with van der Waals surface area (Å²) in [6.07, 6.45) is 5.66. The second-order valence-corrected chi connectivity index (χ2v) is 5.38. The van der Waals surface area contributed by atoms with Crippen LogP contribution < -0.4 is 4.74 Å². The summed E-state index contributed by atoms with van der Waals surface area (Å²) in [6.45, 7) is 4.10.